The van der Waals surface area contributed by atoms with Crippen LogP contribution in [0.2, 0.25) is 0 Å². The first-order chi connectivity index (χ1) is 12.0. The fourth-order valence-electron chi connectivity index (χ4n) is 3.14. The van der Waals surface area contributed by atoms with E-state index in [9.17, 15) is 5.11 Å². The van der Waals surface area contributed by atoms with Crippen LogP contribution in [-0.4, -0.2) is 40.3 Å². The Balaban J connectivity index is 1.54. The average molecular weight is 341 g/mol. The lowest BCUT2D eigenvalue weighted by molar-refractivity contribution is -0.0967. The van der Waals surface area contributed by atoms with Crippen molar-refractivity contribution < 1.29 is 9.84 Å². The second kappa shape index (κ2) is 7.16. The summed E-state index contributed by atoms with van der Waals surface area (Å²) in [5, 5.41) is 18.4. The molecule has 7 nitrogen and oxygen atoms in total. The van der Waals surface area contributed by atoms with Crippen molar-refractivity contribution in [3.63, 3.8) is 0 Å². The molecule has 1 fully saturated rings. The summed E-state index contributed by atoms with van der Waals surface area (Å²) in [5.74, 6) is 0.537. The van der Waals surface area contributed by atoms with Crippen LogP contribution in [0.1, 0.15) is 24.1 Å². The van der Waals surface area contributed by atoms with Crippen LogP contribution in [0.5, 0.6) is 0 Å². The minimum atomic E-state index is -1.01. The van der Waals surface area contributed by atoms with Crippen LogP contribution < -0.4 is 10.6 Å². The molecule has 0 radical (unpaired) electrons. The lowest BCUT2D eigenvalue weighted by Gasteiger charge is -2.49. The monoisotopic (exact) mass is 341 g/mol. The van der Waals surface area contributed by atoms with Gasteiger partial charge in [0.05, 0.1) is 13.2 Å². The molecule has 132 valence electrons. The Bertz CT molecular complexity index is 731. The van der Waals surface area contributed by atoms with Crippen molar-refractivity contribution in [3.05, 3.63) is 54.0 Å². The largest absolute Gasteiger partial charge is 0.382 e. The Morgan fingerprint density at radius 3 is 2.68 bits per heavy atom. The third-order valence-corrected chi connectivity index (χ3v) is 4.57. The van der Waals surface area contributed by atoms with E-state index in [2.05, 4.69) is 9.97 Å². The summed E-state index contributed by atoms with van der Waals surface area (Å²) in [6, 6.07) is 10.0. The quantitative estimate of drug-likeness (QED) is 0.400. The molecule has 1 saturated carbocycles. The molecule has 0 spiro atoms. The van der Waals surface area contributed by atoms with Crippen molar-refractivity contribution in [3.8, 4) is 0 Å². The van der Waals surface area contributed by atoms with E-state index in [-0.39, 0.29) is 17.4 Å². The van der Waals surface area contributed by atoms with Gasteiger partial charge in [-0.25, -0.2) is 9.97 Å². The van der Waals surface area contributed by atoms with E-state index in [4.69, 9.17) is 15.9 Å². The highest BCUT2D eigenvalue weighted by atomic mass is 16.5. The smallest absolute Gasteiger partial charge is 0.160 e. The maximum Gasteiger partial charge on any atom is 0.160 e. The number of nitrogen functional groups attached to an aromatic ring is 1. The molecule has 0 amide bonds. The molecule has 2 aromatic rings. The highest BCUT2D eigenvalue weighted by Crippen LogP contribution is 2.41. The number of nitrogens with zero attached hydrogens (tertiary/aromatic N) is 3. The Morgan fingerprint density at radius 2 is 2.00 bits per heavy atom. The maximum absolute atomic E-state index is 10.8. The molecular formula is C18H23N5O2. The molecule has 1 aromatic heterocycles. The molecule has 0 aliphatic heterocycles. The minimum absolute atomic E-state index is 0.166. The average Bonchev–Trinajstić information content (AvgIpc) is 2.60. The lowest BCUT2D eigenvalue weighted by Crippen LogP contribution is -2.57. The number of hydrogen-bond donors (Lipinski definition) is 3. The number of aromatic nitrogens is 2. The normalized spacial score (nSPS) is 22.2. The summed E-state index contributed by atoms with van der Waals surface area (Å²) >= 11 is 0. The van der Waals surface area contributed by atoms with Gasteiger partial charge in [0, 0.05) is 32.3 Å². The van der Waals surface area contributed by atoms with Gasteiger partial charge >= 0.3 is 0 Å². The fourth-order valence-corrected chi connectivity index (χ4v) is 3.14. The molecule has 0 unspecified atom stereocenters. The number of nitrogens with one attached hydrogen (secondary N) is 1. The number of aliphatic hydroxyl groups is 1. The number of anilines is 1. The molecule has 25 heavy (non-hydrogen) atoms. The van der Waals surface area contributed by atoms with Gasteiger partial charge in [-0.05, 0) is 11.5 Å². The molecular weight excluding hydrogens is 318 g/mol. The number of amidine groups is 1. The van der Waals surface area contributed by atoms with Crippen LogP contribution >= 0.6 is 0 Å². The van der Waals surface area contributed by atoms with Gasteiger partial charge < -0.3 is 20.5 Å². The van der Waals surface area contributed by atoms with Crippen LogP contribution in [0.3, 0.4) is 0 Å². The molecule has 0 saturated heterocycles. The predicted molar refractivity (Wildman–Crippen MR) is 95.2 cm³/mol. The first-order valence-electron chi connectivity index (χ1n) is 8.23. The first kappa shape index (κ1) is 17.3. The van der Waals surface area contributed by atoms with Crippen LogP contribution in [0.15, 0.2) is 42.7 Å². The van der Waals surface area contributed by atoms with Crippen molar-refractivity contribution in [1.82, 2.24) is 9.97 Å². The predicted octanol–water partition coefficient (Wildman–Crippen LogP) is 1.51. The van der Waals surface area contributed by atoms with E-state index in [0.29, 0.717) is 31.9 Å². The van der Waals surface area contributed by atoms with Crippen LogP contribution in [-0.2, 0) is 11.3 Å². The van der Waals surface area contributed by atoms with Crippen molar-refractivity contribution >= 4 is 11.7 Å². The van der Waals surface area contributed by atoms with E-state index >= 15 is 0 Å². The van der Waals surface area contributed by atoms with Gasteiger partial charge in [0.25, 0.3) is 0 Å². The Morgan fingerprint density at radius 1 is 1.32 bits per heavy atom. The van der Waals surface area contributed by atoms with Crippen molar-refractivity contribution in [2.75, 3.05) is 18.6 Å². The molecule has 0 atom stereocenters. The molecule has 0 bridgehead atoms. The minimum Gasteiger partial charge on any atom is -0.382 e. The van der Waals surface area contributed by atoms with Crippen molar-refractivity contribution in [1.29, 1.82) is 5.41 Å². The summed E-state index contributed by atoms with van der Waals surface area (Å²) in [5.41, 5.74) is 5.96. The third kappa shape index (κ3) is 3.78. The molecule has 1 aliphatic carbocycles. The van der Waals surface area contributed by atoms with Gasteiger partial charge in [-0.15, -0.1) is 0 Å². The van der Waals surface area contributed by atoms with Crippen LogP contribution in [0.4, 0.5) is 5.82 Å². The summed E-state index contributed by atoms with van der Waals surface area (Å²) < 4.78 is 5.75. The second-order valence-corrected chi connectivity index (χ2v) is 6.46. The number of ether oxygens (including phenoxy) is 1. The van der Waals surface area contributed by atoms with Gasteiger partial charge in [-0.2, -0.15) is 0 Å². The topological polar surface area (TPSA) is 108 Å². The van der Waals surface area contributed by atoms with E-state index in [1.165, 1.54) is 12.4 Å². The molecule has 1 aliphatic rings. The number of hydrogen-bond acceptors (Lipinski definition) is 6. The lowest BCUT2D eigenvalue weighted by atomic mass is 9.76. The highest BCUT2D eigenvalue weighted by Gasteiger charge is 2.47. The number of benzene rings is 1. The van der Waals surface area contributed by atoms with Gasteiger partial charge in [-0.3, -0.25) is 5.41 Å². The van der Waals surface area contributed by atoms with Gasteiger partial charge in [0.1, 0.15) is 17.3 Å². The highest BCUT2D eigenvalue weighted by molar-refractivity contribution is 5.97. The summed E-state index contributed by atoms with van der Waals surface area (Å²) in [6.07, 6.45) is 4.16. The second-order valence-electron chi connectivity index (χ2n) is 6.46. The summed E-state index contributed by atoms with van der Waals surface area (Å²) in [6.45, 7) is 1.18. The Labute approximate surface area is 147 Å². The fraction of sp³-hybridized carbons (Fsp3) is 0.389. The third-order valence-electron chi connectivity index (χ3n) is 4.57. The van der Waals surface area contributed by atoms with Crippen LogP contribution in [0, 0.1) is 11.3 Å². The summed E-state index contributed by atoms with van der Waals surface area (Å²) in [4.78, 5) is 9.97. The van der Waals surface area contributed by atoms with E-state index in [1.807, 2.05) is 30.3 Å². The maximum atomic E-state index is 10.8. The van der Waals surface area contributed by atoms with Gasteiger partial charge in [-0.1, -0.05) is 30.3 Å². The number of rotatable bonds is 7. The SMILES string of the molecule is CN(c1nccnc1C(=N)N)C1(O)CC(COCc2ccccc2)C1. The zero-order chi connectivity index (χ0) is 17.9. The summed E-state index contributed by atoms with van der Waals surface area (Å²) in [7, 11) is 1.75. The Hall–Kier alpha value is -2.51. The zero-order valence-electron chi connectivity index (χ0n) is 14.2. The van der Waals surface area contributed by atoms with Gasteiger partial charge in [0.15, 0.2) is 5.82 Å². The number of nitrogens with two attached hydrogens (primary N) is 1. The molecule has 4 N–H and O–H groups in total. The first-order valence-corrected chi connectivity index (χ1v) is 8.23. The molecule has 1 heterocycles. The van der Waals surface area contributed by atoms with Crippen LogP contribution in [0.25, 0.3) is 0 Å². The molecule has 1 aromatic carbocycles. The van der Waals surface area contributed by atoms with Gasteiger partial charge in [0.2, 0.25) is 0 Å². The van der Waals surface area contributed by atoms with E-state index in [0.717, 1.165) is 5.56 Å². The van der Waals surface area contributed by atoms with E-state index in [1.54, 1.807) is 11.9 Å². The molecule has 3 rings (SSSR count). The van der Waals surface area contributed by atoms with Crippen molar-refractivity contribution in [2.24, 2.45) is 11.7 Å². The van der Waals surface area contributed by atoms with E-state index < -0.39 is 5.72 Å². The molecule has 7 heteroatoms. The van der Waals surface area contributed by atoms with Crippen molar-refractivity contribution in [2.45, 2.75) is 25.2 Å². The Kier molecular flexibility index (Phi) is 4.96. The standard InChI is InChI=1S/C18H23N5O2/c1-23(17-15(16(19)20)21-7-8-22-17)18(24)9-14(10-18)12-25-11-13-5-3-2-4-6-13/h2-8,14,24H,9-12H2,1H3,(H3,19,20). The zero-order valence-corrected chi connectivity index (χ0v) is 14.2.